The van der Waals surface area contributed by atoms with E-state index in [0.717, 1.165) is 0 Å². The van der Waals surface area contributed by atoms with Gasteiger partial charge in [0.15, 0.2) is 0 Å². The lowest BCUT2D eigenvalue weighted by Gasteiger charge is -2.37. The maximum atomic E-state index is 13.1. The Kier molecular flexibility index (Phi) is 5.54. The third kappa shape index (κ3) is 3.14. The average molecular weight is 323 g/mol. The van der Waals surface area contributed by atoms with Crippen molar-refractivity contribution >= 4 is 22.4 Å². The molecule has 1 heterocycles. The molecule has 0 amide bonds. The molecule has 1 aliphatic rings. The lowest BCUT2D eigenvalue weighted by Crippen LogP contribution is -2.57. The maximum absolute atomic E-state index is 13.1. The van der Waals surface area contributed by atoms with Crippen molar-refractivity contribution in [2.24, 2.45) is 0 Å². The van der Waals surface area contributed by atoms with Gasteiger partial charge in [0.05, 0.1) is 4.90 Å². The Bertz CT molecular complexity index is 580. The van der Waals surface area contributed by atoms with Gasteiger partial charge in [-0.05, 0) is 44.5 Å². The van der Waals surface area contributed by atoms with Gasteiger partial charge >= 0.3 is 0 Å². The van der Waals surface area contributed by atoms with E-state index in [1.807, 2.05) is 13.8 Å². The van der Waals surface area contributed by atoms with Crippen LogP contribution in [-0.4, -0.2) is 37.9 Å². The molecule has 1 aromatic rings. The minimum absolute atomic E-state index is 0. The van der Waals surface area contributed by atoms with Gasteiger partial charge in [0.2, 0.25) is 10.0 Å². The molecule has 0 saturated carbocycles. The first-order chi connectivity index (χ1) is 8.84. The fourth-order valence-electron chi connectivity index (χ4n) is 2.39. The quantitative estimate of drug-likeness (QED) is 0.905. The van der Waals surface area contributed by atoms with Crippen LogP contribution in [0.25, 0.3) is 0 Å². The van der Waals surface area contributed by atoms with E-state index in [1.54, 1.807) is 6.92 Å². The molecule has 0 bridgehead atoms. The Balaban J connectivity index is 0.00000200. The molecule has 1 aromatic carbocycles. The summed E-state index contributed by atoms with van der Waals surface area (Å²) in [6.45, 7) is 6.53. The highest BCUT2D eigenvalue weighted by Gasteiger charge is 2.35. The number of sulfonamides is 1. The van der Waals surface area contributed by atoms with Crippen LogP contribution in [0.1, 0.15) is 19.4 Å². The van der Waals surface area contributed by atoms with E-state index in [0.29, 0.717) is 18.7 Å². The number of aryl methyl sites for hydroxylation is 1. The van der Waals surface area contributed by atoms with Crippen LogP contribution in [0, 0.1) is 12.7 Å². The molecule has 2 atom stereocenters. The number of nitrogens with one attached hydrogen (secondary N) is 1. The summed E-state index contributed by atoms with van der Waals surface area (Å²) in [5.74, 6) is -0.418. The summed E-state index contributed by atoms with van der Waals surface area (Å²) in [4.78, 5) is 0.190. The molecular weight excluding hydrogens is 303 g/mol. The van der Waals surface area contributed by atoms with Crippen LogP contribution in [-0.2, 0) is 10.0 Å². The van der Waals surface area contributed by atoms with Gasteiger partial charge in [-0.2, -0.15) is 4.31 Å². The number of benzene rings is 1. The van der Waals surface area contributed by atoms with E-state index >= 15 is 0 Å². The van der Waals surface area contributed by atoms with Gasteiger partial charge in [-0.25, -0.2) is 12.8 Å². The van der Waals surface area contributed by atoms with Gasteiger partial charge in [-0.15, -0.1) is 12.4 Å². The zero-order chi connectivity index (χ0) is 14.2. The Morgan fingerprint density at radius 3 is 2.60 bits per heavy atom. The van der Waals surface area contributed by atoms with Crippen molar-refractivity contribution in [2.45, 2.75) is 37.8 Å². The Morgan fingerprint density at radius 2 is 2.00 bits per heavy atom. The van der Waals surface area contributed by atoms with Crippen LogP contribution in [0.3, 0.4) is 0 Å². The number of nitrogens with zero attached hydrogens (tertiary/aromatic N) is 1. The molecule has 1 N–H and O–H groups in total. The summed E-state index contributed by atoms with van der Waals surface area (Å²) in [5.41, 5.74) is 0.443. The molecule has 0 spiro atoms. The van der Waals surface area contributed by atoms with Crippen molar-refractivity contribution in [1.82, 2.24) is 9.62 Å². The van der Waals surface area contributed by atoms with Crippen LogP contribution in [0.2, 0.25) is 0 Å². The molecule has 1 fully saturated rings. The predicted octanol–water partition coefficient (Wildman–Crippen LogP) is 1.93. The number of piperazine rings is 1. The van der Waals surface area contributed by atoms with Crippen molar-refractivity contribution < 1.29 is 12.8 Å². The Labute approximate surface area is 125 Å². The lowest BCUT2D eigenvalue weighted by atomic mass is 10.1. The minimum Gasteiger partial charge on any atom is -0.311 e. The van der Waals surface area contributed by atoms with Crippen LogP contribution in [0.5, 0.6) is 0 Å². The first-order valence-electron chi connectivity index (χ1n) is 6.35. The molecule has 1 saturated heterocycles. The SMILES string of the molecule is Cc1cc(F)ccc1S(=O)(=O)N1CCNC(C)C1C.Cl. The average Bonchev–Trinajstić information content (AvgIpc) is 2.31. The van der Waals surface area contributed by atoms with Crippen molar-refractivity contribution in [2.75, 3.05) is 13.1 Å². The minimum atomic E-state index is -3.56. The summed E-state index contributed by atoms with van der Waals surface area (Å²) in [6, 6.07) is 3.77. The summed E-state index contributed by atoms with van der Waals surface area (Å²) in [5, 5.41) is 3.24. The largest absolute Gasteiger partial charge is 0.311 e. The molecule has 2 rings (SSSR count). The van der Waals surface area contributed by atoms with Crippen LogP contribution in [0.15, 0.2) is 23.1 Å². The zero-order valence-corrected chi connectivity index (χ0v) is 13.4. The predicted molar refractivity (Wildman–Crippen MR) is 79.2 cm³/mol. The van der Waals surface area contributed by atoms with Crippen molar-refractivity contribution in [3.05, 3.63) is 29.6 Å². The highest BCUT2D eigenvalue weighted by molar-refractivity contribution is 7.89. The van der Waals surface area contributed by atoms with Gasteiger partial charge in [0.25, 0.3) is 0 Å². The second-order valence-electron chi connectivity index (χ2n) is 5.01. The number of hydrogen-bond donors (Lipinski definition) is 1. The maximum Gasteiger partial charge on any atom is 0.243 e. The summed E-state index contributed by atoms with van der Waals surface area (Å²) < 4.78 is 39.9. The van der Waals surface area contributed by atoms with Gasteiger partial charge in [0.1, 0.15) is 5.82 Å². The zero-order valence-electron chi connectivity index (χ0n) is 11.8. The van der Waals surface area contributed by atoms with Crippen LogP contribution in [0.4, 0.5) is 4.39 Å². The fraction of sp³-hybridized carbons (Fsp3) is 0.538. The van der Waals surface area contributed by atoms with E-state index in [-0.39, 0.29) is 29.4 Å². The summed E-state index contributed by atoms with van der Waals surface area (Å²) in [6.07, 6.45) is 0. The number of hydrogen-bond acceptors (Lipinski definition) is 3. The Hall–Kier alpha value is -0.690. The number of halogens is 2. The van der Waals surface area contributed by atoms with Crippen molar-refractivity contribution in [3.63, 3.8) is 0 Å². The second kappa shape index (κ2) is 6.39. The van der Waals surface area contributed by atoms with Gasteiger partial charge in [0, 0.05) is 25.2 Å². The third-order valence-electron chi connectivity index (χ3n) is 3.70. The van der Waals surface area contributed by atoms with E-state index in [1.165, 1.54) is 22.5 Å². The van der Waals surface area contributed by atoms with E-state index in [2.05, 4.69) is 5.32 Å². The first-order valence-corrected chi connectivity index (χ1v) is 7.79. The van der Waals surface area contributed by atoms with E-state index in [9.17, 15) is 12.8 Å². The first kappa shape index (κ1) is 17.4. The second-order valence-corrected chi connectivity index (χ2v) is 6.87. The van der Waals surface area contributed by atoms with Crippen molar-refractivity contribution in [3.8, 4) is 0 Å². The molecule has 4 nitrogen and oxygen atoms in total. The third-order valence-corrected chi connectivity index (χ3v) is 5.85. The molecule has 2 unspecified atom stereocenters. The highest BCUT2D eigenvalue weighted by atomic mass is 35.5. The molecule has 7 heteroatoms. The fourth-order valence-corrected chi connectivity index (χ4v) is 4.30. The molecular formula is C13H20ClFN2O2S. The van der Waals surface area contributed by atoms with Crippen LogP contribution < -0.4 is 5.32 Å². The normalized spacial score (nSPS) is 24.2. The summed E-state index contributed by atoms with van der Waals surface area (Å²) >= 11 is 0. The van der Waals surface area contributed by atoms with Crippen LogP contribution >= 0.6 is 12.4 Å². The molecule has 0 aromatic heterocycles. The molecule has 20 heavy (non-hydrogen) atoms. The summed E-state index contributed by atoms with van der Waals surface area (Å²) in [7, 11) is -3.56. The van der Waals surface area contributed by atoms with Gasteiger partial charge < -0.3 is 5.32 Å². The highest BCUT2D eigenvalue weighted by Crippen LogP contribution is 2.24. The van der Waals surface area contributed by atoms with Gasteiger partial charge in [-0.3, -0.25) is 0 Å². The standard InChI is InChI=1S/C13H19FN2O2S.ClH/c1-9-8-12(14)4-5-13(9)19(17,18)16-7-6-15-10(2)11(16)3;/h4-5,8,10-11,15H,6-7H2,1-3H3;1H. The lowest BCUT2D eigenvalue weighted by molar-refractivity contribution is 0.232. The van der Waals surface area contributed by atoms with E-state index in [4.69, 9.17) is 0 Å². The molecule has 0 radical (unpaired) electrons. The molecule has 1 aliphatic heterocycles. The Morgan fingerprint density at radius 1 is 1.35 bits per heavy atom. The molecule has 114 valence electrons. The topological polar surface area (TPSA) is 49.4 Å². The monoisotopic (exact) mass is 322 g/mol. The van der Waals surface area contributed by atoms with E-state index < -0.39 is 15.8 Å². The number of rotatable bonds is 2. The molecule has 0 aliphatic carbocycles. The van der Waals surface area contributed by atoms with Crippen molar-refractivity contribution in [1.29, 1.82) is 0 Å². The van der Waals surface area contributed by atoms with Gasteiger partial charge in [-0.1, -0.05) is 0 Å². The smallest absolute Gasteiger partial charge is 0.243 e.